The molecular weight excluding hydrogens is 709 g/mol. The van der Waals surface area contributed by atoms with Crippen LogP contribution in [0.3, 0.4) is 0 Å². The second kappa shape index (κ2) is 45.5. The van der Waals surface area contributed by atoms with Gasteiger partial charge in [0.05, 0.1) is 0 Å². The molecule has 1 atom stereocenters. The van der Waals surface area contributed by atoms with Gasteiger partial charge >= 0.3 is 17.9 Å². The average molecular weight is 807 g/mol. The van der Waals surface area contributed by atoms with Crippen LogP contribution in [0.5, 0.6) is 0 Å². The summed E-state index contributed by atoms with van der Waals surface area (Å²) in [5.74, 6) is -0.0547. The number of rotatable bonds is 46. The van der Waals surface area contributed by atoms with Gasteiger partial charge in [-0.2, -0.15) is 0 Å². The number of esters is 3. The highest BCUT2D eigenvalue weighted by Gasteiger charge is 2.19. The maximum absolute atomic E-state index is 12.7. The first-order valence-electron chi connectivity index (χ1n) is 25.4. The summed E-state index contributed by atoms with van der Waals surface area (Å²) in [6.45, 7) is 8.99. The molecule has 0 spiro atoms. The van der Waals surface area contributed by atoms with Crippen LogP contribution in [0.4, 0.5) is 0 Å². The van der Waals surface area contributed by atoms with E-state index in [2.05, 4.69) is 27.7 Å². The molecule has 0 unspecified atom stereocenters. The van der Waals surface area contributed by atoms with E-state index < -0.39 is 6.10 Å². The van der Waals surface area contributed by atoms with E-state index >= 15 is 0 Å². The zero-order chi connectivity index (χ0) is 41.7. The molecule has 0 radical (unpaired) electrons. The number of ether oxygens (including phenoxy) is 3. The van der Waals surface area contributed by atoms with Crippen LogP contribution in [-0.2, 0) is 28.6 Å². The number of unbranched alkanes of at least 4 members (excludes halogenated alkanes) is 33. The van der Waals surface area contributed by atoms with Crippen molar-refractivity contribution in [2.75, 3.05) is 13.2 Å². The fraction of sp³-hybridized carbons (Fsp3) is 0.941. The Morgan fingerprint density at radius 2 is 0.579 bits per heavy atom. The molecule has 6 heteroatoms. The van der Waals surface area contributed by atoms with Crippen molar-refractivity contribution in [2.45, 2.75) is 291 Å². The van der Waals surface area contributed by atoms with E-state index in [4.69, 9.17) is 14.2 Å². The summed E-state index contributed by atoms with van der Waals surface area (Å²) < 4.78 is 16.8. The van der Waals surface area contributed by atoms with Crippen molar-refractivity contribution in [3.05, 3.63) is 0 Å². The van der Waals surface area contributed by atoms with E-state index in [-0.39, 0.29) is 31.1 Å². The van der Waals surface area contributed by atoms with Crippen LogP contribution >= 0.6 is 0 Å². The quantitative estimate of drug-likeness (QED) is 0.0346. The summed E-state index contributed by atoms with van der Waals surface area (Å²) in [7, 11) is 0. The zero-order valence-corrected chi connectivity index (χ0v) is 38.8. The molecule has 0 aromatic carbocycles. The van der Waals surface area contributed by atoms with Gasteiger partial charge in [0.2, 0.25) is 0 Å². The van der Waals surface area contributed by atoms with Crippen LogP contribution in [0.15, 0.2) is 0 Å². The first-order chi connectivity index (χ1) is 27.9. The topological polar surface area (TPSA) is 78.9 Å². The SMILES string of the molecule is CCCCCCCCCCCCCCCCCCC(=O)OC[C@H](COC(=O)CCCCCCCCCCCCCC)OC(=O)CCCCCCCCCCC(C)C. The Hall–Kier alpha value is -1.59. The van der Waals surface area contributed by atoms with Crippen molar-refractivity contribution < 1.29 is 28.6 Å². The predicted octanol–water partition coefficient (Wildman–Crippen LogP) is 16.3. The lowest BCUT2D eigenvalue weighted by Gasteiger charge is -2.18. The van der Waals surface area contributed by atoms with Gasteiger partial charge in [-0.1, -0.05) is 246 Å². The Kier molecular flexibility index (Phi) is 44.2. The summed E-state index contributed by atoms with van der Waals surface area (Å²) in [4.78, 5) is 37.9. The van der Waals surface area contributed by atoms with E-state index in [9.17, 15) is 14.4 Å². The lowest BCUT2D eigenvalue weighted by atomic mass is 10.0. The van der Waals surface area contributed by atoms with E-state index in [1.54, 1.807) is 0 Å². The van der Waals surface area contributed by atoms with Crippen molar-refractivity contribution in [3.8, 4) is 0 Å². The highest BCUT2D eigenvalue weighted by atomic mass is 16.6. The maximum Gasteiger partial charge on any atom is 0.306 e. The molecule has 0 bridgehead atoms. The molecule has 0 saturated carbocycles. The second-order valence-corrected chi connectivity index (χ2v) is 17.9. The second-order valence-electron chi connectivity index (χ2n) is 17.9. The molecule has 338 valence electrons. The van der Waals surface area contributed by atoms with Gasteiger partial charge < -0.3 is 14.2 Å². The summed E-state index contributed by atoms with van der Waals surface area (Å²) >= 11 is 0. The van der Waals surface area contributed by atoms with Crippen molar-refractivity contribution in [2.24, 2.45) is 5.92 Å². The fourth-order valence-corrected chi connectivity index (χ4v) is 7.69. The van der Waals surface area contributed by atoms with Crippen LogP contribution in [-0.4, -0.2) is 37.2 Å². The maximum atomic E-state index is 12.7. The molecule has 0 heterocycles. The minimum Gasteiger partial charge on any atom is -0.462 e. The van der Waals surface area contributed by atoms with Crippen LogP contribution in [0, 0.1) is 5.92 Å². The Balaban J connectivity index is 4.28. The molecule has 0 aliphatic heterocycles. The van der Waals surface area contributed by atoms with Gasteiger partial charge in [-0.05, 0) is 25.2 Å². The molecular formula is C51H98O6. The highest BCUT2D eigenvalue weighted by Crippen LogP contribution is 2.17. The predicted molar refractivity (Wildman–Crippen MR) is 243 cm³/mol. The third-order valence-electron chi connectivity index (χ3n) is 11.5. The standard InChI is InChI=1S/C51H98O6/c1-5-7-9-11-13-15-17-19-20-21-22-24-26-31-35-39-43-50(53)56-46-48(57-51(54)44-40-36-32-28-27-29-33-37-41-47(3)4)45-55-49(52)42-38-34-30-25-23-18-16-14-12-10-8-6-2/h47-48H,5-46H2,1-4H3/t48-/m0/s1. The van der Waals surface area contributed by atoms with Gasteiger partial charge in [-0.15, -0.1) is 0 Å². The summed E-state index contributed by atoms with van der Waals surface area (Å²) in [6, 6.07) is 0. The van der Waals surface area contributed by atoms with Crippen LogP contribution in [0.25, 0.3) is 0 Å². The van der Waals surface area contributed by atoms with Crippen molar-refractivity contribution in [1.82, 2.24) is 0 Å². The van der Waals surface area contributed by atoms with E-state index in [1.807, 2.05) is 0 Å². The van der Waals surface area contributed by atoms with Crippen LogP contribution in [0.1, 0.15) is 285 Å². The first-order valence-corrected chi connectivity index (χ1v) is 25.4. The number of hydrogen-bond donors (Lipinski definition) is 0. The van der Waals surface area contributed by atoms with E-state index in [0.29, 0.717) is 19.3 Å². The minimum atomic E-state index is -0.760. The molecule has 6 nitrogen and oxygen atoms in total. The van der Waals surface area contributed by atoms with Gasteiger partial charge in [0, 0.05) is 19.3 Å². The molecule has 0 fully saturated rings. The van der Waals surface area contributed by atoms with Gasteiger partial charge in [0.1, 0.15) is 13.2 Å². The monoisotopic (exact) mass is 807 g/mol. The number of carbonyl (C=O) groups is 3. The summed E-state index contributed by atoms with van der Waals surface area (Å²) in [6.07, 6.45) is 46.6. The molecule has 0 aromatic heterocycles. The third-order valence-corrected chi connectivity index (χ3v) is 11.5. The molecule has 0 aromatic rings. The fourth-order valence-electron chi connectivity index (χ4n) is 7.69. The summed E-state index contributed by atoms with van der Waals surface area (Å²) in [5, 5.41) is 0. The van der Waals surface area contributed by atoms with Crippen molar-refractivity contribution >= 4 is 17.9 Å². The smallest absolute Gasteiger partial charge is 0.306 e. The zero-order valence-electron chi connectivity index (χ0n) is 38.8. The first kappa shape index (κ1) is 55.4. The van der Waals surface area contributed by atoms with Crippen LogP contribution < -0.4 is 0 Å². The van der Waals surface area contributed by atoms with Gasteiger partial charge in [-0.3, -0.25) is 14.4 Å². The Morgan fingerprint density at radius 1 is 0.333 bits per heavy atom. The van der Waals surface area contributed by atoms with E-state index in [0.717, 1.165) is 63.7 Å². The number of hydrogen-bond acceptors (Lipinski definition) is 6. The lowest BCUT2D eigenvalue weighted by molar-refractivity contribution is -0.167. The van der Waals surface area contributed by atoms with Gasteiger partial charge in [0.15, 0.2) is 6.10 Å². The molecule has 0 aliphatic carbocycles. The van der Waals surface area contributed by atoms with Gasteiger partial charge in [0.25, 0.3) is 0 Å². The minimum absolute atomic E-state index is 0.0634. The third kappa shape index (κ3) is 45.3. The Labute approximate surface area is 355 Å². The molecule has 0 N–H and O–H groups in total. The molecule has 0 rings (SSSR count). The average Bonchev–Trinajstić information content (AvgIpc) is 3.19. The lowest BCUT2D eigenvalue weighted by Crippen LogP contribution is -2.30. The Bertz CT molecular complexity index is 857. The van der Waals surface area contributed by atoms with E-state index in [1.165, 1.54) is 180 Å². The highest BCUT2D eigenvalue weighted by molar-refractivity contribution is 5.71. The van der Waals surface area contributed by atoms with Gasteiger partial charge in [-0.25, -0.2) is 0 Å². The largest absolute Gasteiger partial charge is 0.462 e. The molecule has 0 saturated heterocycles. The van der Waals surface area contributed by atoms with Crippen LogP contribution in [0.2, 0.25) is 0 Å². The number of carbonyl (C=O) groups excluding carboxylic acids is 3. The molecule has 0 aliphatic rings. The summed E-state index contributed by atoms with van der Waals surface area (Å²) in [5.41, 5.74) is 0. The van der Waals surface area contributed by atoms with Crippen molar-refractivity contribution in [1.29, 1.82) is 0 Å². The molecule has 0 amide bonds. The normalized spacial score (nSPS) is 11.9. The Morgan fingerprint density at radius 3 is 0.860 bits per heavy atom. The molecule has 57 heavy (non-hydrogen) atoms. The van der Waals surface area contributed by atoms with Crippen molar-refractivity contribution in [3.63, 3.8) is 0 Å².